The van der Waals surface area contributed by atoms with Gasteiger partial charge in [0.25, 0.3) is 0 Å². The molecule has 4 heteroatoms. The Morgan fingerprint density at radius 1 is 1.53 bits per heavy atom. The van der Waals surface area contributed by atoms with Crippen LogP contribution < -0.4 is 0 Å². The zero-order valence-electron chi connectivity index (χ0n) is 8.45. The maximum absolute atomic E-state index is 9.45. The van der Waals surface area contributed by atoms with Crippen LogP contribution in [0.3, 0.4) is 0 Å². The van der Waals surface area contributed by atoms with Gasteiger partial charge in [0.15, 0.2) is 0 Å². The van der Waals surface area contributed by atoms with E-state index in [1.807, 2.05) is 12.3 Å². The summed E-state index contributed by atoms with van der Waals surface area (Å²) in [6.45, 7) is 1.71. The Morgan fingerprint density at radius 3 is 3.20 bits per heavy atom. The molecular formula is C11H12N2O2. The Hall–Kier alpha value is -1.55. The summed E-state index contributed by atoms with van der Waals surface area (Å²) in [6.07, 6.45) is 3.13. The molecule has 0 fully saturated rings. The Balaban J connectivity index is 2.16. The molecule has 0 amide bonds. The monoisotopic (exact) mass is 204 g/mol. The predicted octanol–water partition coefficient (Wildman–Crippen LogP) is 1.82. The van der Waals surface area contributed by atoms with Crippen molar-refractivity contribution in [1.82, 2.24) is 10.2 Å². The van der Waals surface area contributed by atoms with Crippen molar-refractivity contribution >= 4 is 0 Å². The molecular weight excluding hydrogens is 192 g/mol. The third-order valence-corrected chi connectivity index (χ3v) is 2.85. The van der Waals surface area contributed by atoms with Gasteiger partial charge in [-0.05, 0) is 25.0 Å². The van der Waals surface area contributed by atoms with Crippen LogP contribution in [-0.4, -0.2) is 15.3 Å². The summed E-state index contributed by atoms with van der Waals surface area (Å²) >= 11 is 0. The largest absolute Gasteiger partial charge is 0.463 e. The molecule has 0 bridgehead atoms. The van der Waals surface area contributed by atoms with E-state index >= 15 is 0 Å². The van der Waals surface area contributed by atoms with E-state index in [0.29, 0.717) is 5.76 Å². The number of aryl methyl sites for hydroxylation is 2. The first-order valence-corrected chi connectivity index (χ1v) is 5.09. The molecule has 2 heterocycles. The highest BCUT2D eigenvalue weighted by Gasteiger charge is 2.23. The molecule has 15 heavy (non-hydrogen) atoms. The van der Waals surface area contributed by atoms with E-state index in [2.05, 4.69) is 10.2 Å². The number of aliphatic hydroxyl groups is 1. The zero-order valence-corrected chi connectivity index (χ0v) is 8.45. The highest BCUT2D eigenvalue weighted by atomic mass is 16.4. The minimum Gasteiger partial charge on any atom is -0.463 e. The highest BCUT2D eigenvalue weighted by molar-refractivity contribution is 5.67. The van der Waals surface area contributed by atoms with Crippen molar-refractivity contribution in [3.8, 4) is 11.3 Å². The number of hydrogen-bond acceptors (Lipinski definition) is 3. The molecule has 0 radical (unpaired) electrons. The fourth-order valence-corrected chi connectivity index (χ4v) is 2.03. The van der Waals surface area contributed by atoms with E-state index in [0.717, 1.165) is 29.9 Å². The molecule has 78 valence electrons. The van der Waals surface area contributed by atoms with Gasteiger partial charge < -0.3 is 9.52 Å². The molecule has 0 spiro atoms. The Bertz CT molecular complexity index is 496. The van der Waals surface area contributed by atoms with Gasteiger partial charge in [0.05, 0.1) is 11.9 Å². The molecule has 2 aromatic rings. The summed E-state index contributed by atoms with van der Waals surface area (Å²) in [7, 11) is 0. The van der Waals surface area contributed by atoms with Gasteiger partial charge in [0.2, 0.25) is 0 Å². The van der Waals surface area contributed by atoms with Crippen molar-refractivity contribution in [3.63, 3.8) is 0 Å². The summed E-state index contributed by atoms with van der Waals surface area (Å²) in [5.74, 6) is 1.57. The van der Waals surface area contributed by atoms with Gasteiger partial charge >= 0.3 is 0 Å². The summed E-state index contributed by atoms with van der Waals surface area (Å²) in [6, 6.07) is 1.90. The number of nitrogens with zero attached hydrogens (tertiary/aromatic N) is 1. The third-order valence-electron chi connectivity index (χ3n) is 2.85. The lowest BCUT2D eigenvalue weighted by atomic mass is 9.96. The summed E-state index contributed by atoms with van der Waals surface area (Å²) in [4.78, 5) is 0. The van der Waals surface area contributed by atoms with Crippen molar-refractivity contribution in [2.45, 2.75) is 25.9 Å². The van der Waals surface area contributed by atoms with Crippen LogP contribution in [0.15, 0.2) is 16.7 Å². The fraction of sp³-hybridized carbons (Fsp3) is 0.364. The molecule has 0 saturated carbocycles. The topological polar surface area (TPSA) is 62.1 Å². The molecule has 3 rings (SSSR count). The maximum Gasteiger partial charge on any atom is 0.133 e. The normalized spacial score (nSPS) is 15.9. The second kappa shape index (κ2) is 2.97. The quantitative estimate of drug-likeness (QED) is 0.744. The Morgan fingerprint density at radius 2 is 2.40 bits per heavy atom. The van der Waals surface area contributed by atoms with Crippen molar-refractivity contribution in [1.29, 1.82) is 0 Å². The number of H-pyrrole nitrogens is 1. The third kappa shape index (κ3) is 1.22. The van der Waals surface area contributed by atoms with Crippen LogP contribution in [0.1, 0.15) is 30.1 Å². The molecule has 1 atom stereocenters. The van der Waals surface area contributed by atoms with Crippen LogP contribution in [0, 0.1) is 0 Å². The lowest BCUT2D eigenvalue weighted by molar-refractivity contribution is 0.167. The number of nitrogens with one attached hydrogen (secondary N) is 1. The molecule has 0 saturated heterocycles. The van der Waals surface area contributed by atoms with Crippen LogP contribution in [0.4, 0.5) is 0 Å². The van der Waals surface area contributed by atoms with Crippen molar-refractivity contribution in [3.05, 3.63) is 29.3 Å². The van der Waals surface area contributed by atoms with E-state index in [4.69, 9.17) is 4.42 Å². The first-order chi connectivity index (χ1) is 7.25. The summed E-state index contributed by atoms with van der Waals surface area (Å²) < 4.78 is 5.60. The number of fused-ring (bicyclic) bond motifs is 3. The van der Waals surface area contributed by atoms with Gasteiger partial charge in [-0.2, -0.15) is 5.10 Å². The first-order valence-electron chi connectivity index (χ1n) is 5.09. The Labute approximate surface area is 86.9 Å². The lowest BCUT2D eigenvalue weighted by Gasteiger charge is -2.08. The van der Waals surface area contributed by atoms with Crippen molar-refractivity contribution in [2.24, 2.45) is 0 Å². The Kier molecular flexibility index (Phi) is 1.73. The van der Waals surface area contributed by atoms with Gasteiger partial charge in [0, 0.05) is 12.0 Å². The number of aromatic amines is 1. The number of rotatable bonds is 1. The minimum absolute atomic E-state index is 0.554. The van der Waals surface area contributed by atoms with E-state index in [-0.39, 0.29) is 0 Å². The van der Waals surface area contributed by atoms with E-state index < -0.39 is 6.10 Å². The number of hydrogen-bond donors (Lipinski definition) is 2. The van der Waals surface area contributed by atoms with Crippen LogP contribution >= 0.6 is 0 Å². The van der Waals surface area contributed by atoms with Gasteiger partial charge in [-0.1, -0.05) is 0 Å². The molecule has 4 nitrogen and oxygen atoms in total. The molecule has 2 aromatic heterocycles. The number of aromatic nitrogens is 2. The van der Waals surface area contributed by atoms with Crippen molar-refractivity contribution in [2.75, 3.05) is 0 Å². The average Bonchev–Trinajstić information content (AvgIpc) is 2.82. The van der Waals surface area contributed by atoms with Gasteiger partial charge in [0.1, 0.15) is 17.6 Å². The molecule has 2 N–H and O–H groups in total. The molecule has 0 aromatic carbocycles. The van der Waals surface area contributed by atoms with Crippen LogP contribution in [0.5, 0.6) is 0 Å². The smallest absolute Gasteiger partial charge is 0.133 e. The van der Waals surface area contributed by atoms with Crippen molar-refractivity contribution < 1.29 is 9.52 Å². The maximum atomic E-state index is 9.45. The molecule has 1 aliphatic rings. The van der Waals surface area contributed by atoms with E-state index in [1.165, 1.54) is 5.56 Å². The second-order valence-corrected chi connectivity index (χ2v) is 3.93. The fourth-order valence-electron chi connectivity index (χ4n) is 2.03. The summed E-state index contributed by atoms with van der Waals surface area (Å²) in [5.41, 5.74) is 3.30. The highest BCUT2D eigenvalue weighted by Crippen LogP contribution is 2.35. The van der Waals surface area contributed by atoms with E-state index in [1.54, 1.807) is 6.92 Å². The predicted molar refractivity (Wildman–Crippen MR) is 54.3 cm³/mol. The SMILES string of the molecule is CC(O)c1cc2c(o1)CCc1cn[nH]c1-2. The average molecular weight is 204 g/mol. The molecule has 1 unspecified atom stereocenters. The van der Waals surface area contributed by atoms with E-state index in [9.17, 15) is 5.11 Å². The van der Waals surface area contributed by atoms with Crippen LogP contribution in [0.25, 0.3) is 11.3 Å². The number of aliphatic hydroxyl groups excluding tert-OH is 1. The van der Waals surface area contributed by atoms with Crippen LogP contribution in [-0.2, 0) is 12.8 Å². The van der Waals surface area contributed by atoms with Crippen LogP contribution in [0.2, 0.25) is 0 Å². The molecule has 0 aliphatic heterocycles. The number of furan rings is 1. The molecule has 1 aliphatic carbocycles. The first kappa shape index (κ1) is 8.73. The van der Waals surface area contributed by atoms with Gasteiger partial charge in [-0.25, -0.2) is 0 Å². The van der Waals surface area contributed by atoms with Gasteiger partial charge in [-0.3, -0.25) is 5.10 Å². The lowest BCUT2D eigenvalue weighted by Crippen LogP contribution is -1.99. The minimum atomic E-state index is -0.554. The summed E-state index contributed by atoms with van der Waals surface area (Å²) in [5, 5.41) is 16.5. The second-order valence-electron chi connectivity index (χ2n) is 3.93. The zero-order chi connectivity index (χ0) is 10.4. The van der Waals surface area contributed by atoms with Gasteiger partial charge in [-0.15, -0.1) is 0 Å². The standard InChI is InChI=1S/C11H12N2O2/c1-6(14)10-4-8-9(15-10)3-2-7-5-12-13-11(7)8/h4-6,14H,2-3H2,1H3,(H,12,13).